The van der Waals surface area contributed by atoms with Crippen molar-refractivity contribution in [2.45, 2.75) is 13.8 Å². The minimum Gasteiger partial charge on any atom is -0.480 e. The first-order chi connectivity index (χ1) is 7.20. The van der Waals surface area contributed by atoms with E-state index in [0.29, 0.717) is 17.6 Å². The maximum absolute atomic E-state index is 5.16. The van der Waals surface area contributed by atoms with Crippen molar-refractivity contribution < 1.29 is 9.26 Å². The highest BCUT2D eigenvalue weighted by Crippen LogP contribution is 2.25. The highest BCUT2D eigenvalue weighted by atomic mass is 16.5. The molecule has 2 rings (SSSR count). The summed E-state index contributed by atoms with van der Waals surface area (Å²) in [5.41, 5.74) is 1.62. The largest absolute Gasteiger partial charge is 0.480 e. The van der Waals surface area contributed by atoms with Crippen molar-refractivity contribution in [3.05, 3.63) is 23.7 Å². The van der Waals surface area contributed by atoms with Crippen LogP contribution in [0.2, 0.25) is 0 Å². The van der Waals surface area contributed by atoms with Gasteiger partial charge in [0.1, 0.15) is 0 Å². The lowest BCUT2D eigenvalue weighted by Gasteiger charge is -2.03. The van der Waals surface area contributed by atoms with Crippen molar-refractivity contribution in [2.75, 3.05) is 7.11 Å². The van der Waals surface area contributed by atoms with Crippen LogP contribution in [0, 0.1) is 13.8 Å². The molecule has 0 spiro atoms. The number of methoxy groups -OCH3 is 1. The van der Waals surface area contributed by atoms with Gasteiger partial charge in [-0.25, -0.2) is 4.98 Å². The summed E-state index contributed by atoms with van der Waals surface area (Å²) in [6.07, 6.45) is 0. The van der Waals surface area contributed by atoms with Crippen LogP contribution in [0.1, 0.15) is 11.6 Å². The van der Waals surface area contributed by atoms with E-state index in [9.17, 15) is 0 Å². The second-order valence-corrected chi connectivity index (χ2v) is 3.15. The number of hydrogen-bond donors (Lipinski definition) is 0. The zero-order chi connectivity index (χ0) is 10.8. The lowest BCUT2D eigenvalue weighted by molar-refractivity contribution is 0.389. The van der Waals surface area contributed by atoms with E-state index in [1.54, 1.807) is 14.0 Å². The molecule has 2 heterocycles. The standard InChI is InChI=1S/C10H11N3O2/c1-6-4-5-8(10(11-6)14-3)9-12-7(2)15-13-9/h4-5H,1-3H3. The molecule has 2 aromatic heterocycles. The first-order valence-electron chi connectivity index (χ1n) is 4.53. The summed E-state index contributed by atoms with van der Waals surface area (Å²) in [4.78, 5) is 8.35. The SMILES string of the molecule is COc1nc(C)ccc1-c1noc(C)n1. The van der Waals surface area contributed by atoms with Gasteiger partial charge in [-0.05, 0) is 19.1 Å². The second-order valence-electron chi connectivity index (χ2n) is 3.15. The molecule has 0 aromatic carbocycles. The molecule has 78 valence electrons. The van der Waals surface area contributed by atoms with Gasteiger partial charge in [-0.2, -0.15) is 4.98 Å². The Bertz CT molecular complexity index is 479. The lowest BCUT2D eigenvalue weighted by Crippen LogP contribution is -1.94. The molecule has 0 atom stereocenters. The third-order valence-electron chi connectivity index (χ3n) is 1.96. The lowest BCUT2D eigenvalue weighted by atomic mass is 10.2. The molecule has 0 N–H and O–H groups in total. The van der Waals surface area contributed by atoms with E-state index in [-0.39, 0.29) is 0 Å². The van der Waals surface area contributed by atoms with Gasteiger partial charge < -0.3 is 9.26 Å². The fraction of sp³-hybridized carbons (Fsp3) is 0.300. The normalized spacial score (nSPS) is 10.3. The molecule has 0 radical (unpaired) electrons. The van der Waals surface area contributed by atoms with E-state index in [1.807, 2.05) is 19.1 Å². The van der Waals surface area contributed by atoms with E-state index in [0.717, 1.165) is 11.3 Å². The Kier molecular flexibility index (Phi) is 2.37. The van der Waals surface area contributed by atoms with E-state index in [4.69, 9.17) is 9.26 Å². The van der Waals surface area contributed by atoms with Gasteiger partial charge in [0.25, 0.3) is 0 Å². The minimum absolute atomic E-state index is 0.497. The smallest absolute Gasteiger partial charge is 0.224 e. The maximum Gasteiger partial charge on any atom is 0.224 e. The van der Waals surface area contributed by atoms with Crippen molar-refractivity contribution in [3.8, 4) is 17.3 Å². The number of aryl methyl sites for hydroxylation is 2. The third-order valence-corrected chi connectivity index (χ3v) is 1.96. The first-order valence-corrected chi connectivity index (χ1v) is 4.53. The van der Waals surface area contributed by atoms with Gasteiger partial charge in [-0.1, -0.05) is 5.16 Å². The molecule has 0 bridgehead atoms. The fourth-order valence-electron chi connectivity index (χ4n) is 1.27. The molecule has 2 aromatic rings. The van der Waals surface area contributed by atoms with Gasteiger partial charge >= 0.3 is 0 Å². The molecule has 0 aliphatic rings. The summed E-state index contributed by atoms with van der Waals surface area (Å²) in [7, 11) is 1.57. The Balaban J connectivity index is 2.52. The van der Waals surface area contributed by atoms with Crippen LogP contribution >= 0.6 is 0 Å². The van der Waals surface area contributed by atoms with Crippen LogP contribution in [0.4, 0.5) is 0 Å². The Morgan fingerprint density at radius 2 is 2.00 bits per heavy atom. The number of nitrogens with zero attached hydrogens (tertiary/aromatic N) is 3. The summed E-state index contributed by atoms with van der Waals surface area (Å²) in [5.74, 6) is 1.53. The zero-order valence-electron chi connectivity index (χ0n) is 8.81. The monoisotopic (exact) mass is 205 g/mol. The number of pyridine rings is 1. The minimum atomic E-state index is 0.497. The van der Waals surface area contributed by atoms with Crippen LogP contribution in [-0.2, 0) is 0 Å². The van der Waals surface area contributed by atoms with Crippen LogP contribution in [0.5, 0.6) is 5.88 Å². The Morgan fingerprint density at radius 1 is 1.20 bits per heavy atom. The van der Waals surface area contributed by atoms with Crippen molar-refractivity contribution in [3.63, 3.8) is 0 Å². The quantitative estimate of drug-likeness (QED) is 0.747. The first kappa shape index (κ1) is 9.64. The summed E-state index contributed by atoms with van der Waals surface area (Å²) < 4.78 is 10.1. The Hall–Kier alpha value is -1.91. The van der Waals surface area contributed by atoms with Gasteiger partial charge in [0.2, 0.25) is 17.6 Å². The van der Waals surface area contributed by atoms with Crippen molar-refractivity contribution >= 4 is 0 Å². The molecule has 5 heteroatoms. The van der Waals surface area contributed by atoms with Crippen molar-refractivity contribution in [1.82, 2.24) is 15.1 Å². The van der Waals surface area contributed by atoms with Gasteiger partial charge in [-0.15, -0.1) is 0 Å². The molecule has 5 nitrogen and oxygen atoms in total. The molecule has 0 aliphatic carbocycles. The van der Waals surface area contributed by atoms with Crippen LogP contribution in [0.3, 0.4) is 0 Å². The maximum atomic E-state index is 5.16. The van der Waals surface area contributed by atoms with Gasteiger partial charge in [0.05, 0.1) is 12.7 Å². The predicted octanol–water partition coefficient (Wildman–Crippen LogP) is 1.76. The van der Waals surface area contributed by atoms with Crippen LogP contribution in [0.15, 0.2) is 16.7 Å². The van der Waals surface area contributed by atoms with Gasteiger partial charge in [0, 0.05) is 12.6 Å². The summed E-state index contributed by atoms with van der Waals surface area (Å²) in [6.45, 7) is 3.64. The topological polar surface area (TPSA) is 61.0 Å². The molecule has 0 unspecified atom stereocenters. The number of hydrogen-bond acceptors (Lipinski definition) is 5. The molecular formula is C10H11N3O2. The number of aromatic nitrogens is 3. The molecule has 0 fully saturated rings. The second kappa shape index (κ2) is 3.68. The molecule has 0 aliphatic heterocycles. The number of ether oxygens (including phenoxy) is 1. The van der Waals surface area contributed by atoms with Gasteiger partial charge in [-0.3, -0.25) is 0 Å². The Morgan fingerprint density at radius 3 is 2.60 bits per heavy atom. The third kappa shape index (κ3) is 1.81. The fourth-order valence-corrected chi connectivity index (χ4v) is 1.27. The van der Waals surface area contributed by atoms with Gasteiger partial charge in [0.15, 0.2) is 0 Å². The van der Waals surface area contributed by atoms with Crippen LogP contribution < -0.4 is 4.74 Å². The highest BCUT2D eigenvalue weighted by Gasteiger charge is 2.12. The summed E-state index contributed by atoms with van der Waals surface area (Å²) in [5, 5.41) is 3.82. The molecule has 0 saturated heterocycles. The van der Waals surface area contributed by atoms with E-state index >= 15 is 0 Å². The average molecular weight is 205 g/mol. The van der Waals surface area contributed by atoms with Crippen LogP contribution in [0.25, 0.3) is 11.4 Å². The number of rotatable bonds is 2. The van der Waals surface area contributed by atoms with E-state index in [2.05, 4.69) is 15.1 Å². The molecule has 0 saturated carbocycles. The van der Waals surface area contributed by atoms with Crippen molar-refractivity contribution in [2.24, 2.45) is 0 Å². The molecule has 0 amide bonds. The summed E-state index contributed by atoms with van der Waals surface area (Å²) in [6, 6.07) is 3.75. The summed E-state index contributed by atoms with van der Waals surface area (Å²) >= 11 is 0. The predicted molar refractivity (Wildman–Crippen MR) is 53.6 cm³/mol. The molecular weight excluding hydrogens is 194 g/mol. The van der Waals surface area contributed by atoms with E-state index in [1.165, 1.54) is 0 Å². The zero-order valence-corrected chi connectivity index (χ0v) is 8.81. The molecule has 15 heavy (non-hydrogen) atoms. The van der Waals surface area contributed by atoms with Crippen LogP contribution in [-0.4, -0.2) is 22.2 Å². The Labute approximate surface area is 87.1 Å². The average Bonchev–Trinajstić information content (AvgIpc) is 2.64. The van der Waals surface area contributed by atoms with E-state index < -0.39 is 0 Å². The van der Waals surface area contributed by atoms with Crippen molar-refractivity contribution in [1.29, 1.82) is 0 Å². The highest BCUT2D eigenvalue weighted by molar-refractivity contribution is 5.61.